The average molecular weight is 608 g/mol. The van der Waals surface area contributed by atoms with Crippen molar-refractivity contribution in [2.45, 2.75) is 111 Å². The van der Waals surface area contributed by atoms with E-state index >= 15 is 0 Å². The third-order valence-corrected chi connectivity index (χ3v) is 10.0. The SMILES string of the molecule is C=C(C)N(CC)CCCCC.CC1CCC(CN2CCC(NC(=O)c3nn(C)c4nc(N5CCCCCC5)ccc34)CC2)C1. The lowest BCUT2D eigenvalue weighted by atomic mass is 10.0. The van der Waals surface area contributed by atoms with Crippen LogP contribution in [0.2, 0.25) is 0 Å². The van der Waals surface area contributed by atoms with Crippen LogP contribution in [-0.2, 0) is 7.05 Å². The van der Waals surface area contributed by atoms with Gasteiger partial charge in [0.1, 0.15) is 5.82 Å². The molecule has 1 aliphatic carbocycles. The Morgan fingerprint density at radius 3 is 2.36 bits per heavy atom. The zero-order valence-corrected chi connectivity index (χ0v) is 28.6. The molecular weight excluding hydrogens is 546 g/mol. The van der Waals surface area contributed by atoms with Crippen LogP contribution in [0.25, 0.3) is 11.0 Å². The predicted molar refractivity (Wildman–Crippen MR) is 184 cm³/mol. The maximum Gasteiger partial charge on any atom is 0.272 e. The van der Waals surface area contributed by atoms with Crippen molar-refractivity contribution in [2.75, 3.05) is 50.7 Å². The summed E-state index contributed by atoms with van der Waals surface area (Å²) >= 11 is 0. The summed E-state index contributed by atoms with van der Waals surface area (Å²) in [5.41, 5.74) is 2.50. The highest BCUT2D eigenvalue weighted by Gasteiger charge is 2.28. The Balaban J connectivity index is 0.000000345. The fraction of sp³-hybridized carbons (Fsp3) is 0.750. The van der Waals surface area contributed by atoms with E-state index in [9.17, 15) is 4.79 Å². The van der Waals surface area contributed by atoms with E-state index in [-0.39, 0.29) is 11.9 Å². The summed E-state index contributed by atoms with van der Waals surface area (Å²) in [6.45, 7) is 20.6. The van der Waals surface area contributed by atoms with Crippen molar-refractivity contribution in [2.24, 2.45) is 18.9 Å². The molecule has 0 bridgehead atoms. The van der Waals surface area contributed by atoms with E-state index in [0.29, 0.717) is 5.69 Å². The number of allylic oxidation sites excluding steroid dienone is 1. The molecule has 2 saturated heterocycles. The van der Waals surface area contributed by atoms with E-state index in [1.54, 1.807) is 4.68 Å². The highest BCUT2D eigenvalue weighted by atomic mass is 16.2. The second-order valence-electron chi connectivity index (χ2n) is 13.8. The van der Waals surface area contributed by atoms with Crippen LogP contribution < -0.4 is 10.2 Å². The fourth-order valence-electron chi connectivity index (χ4n) is 7.31. The van der Waals surface area contributed by atoms with Gasteiger partial charge in [0.25, 0.3) is 5.91 Å². The molecule has 3 aliphatic rings. The number of aryl methyl sites for hydroxylation is 1. The van der Waals surface area contributed by atoms with Gasteiger partial charge in [-0.3, -0.25) is 4.79 Å². The number of carbonyl (C=O) groups excluding carboxylic acids is 1. The molecular formula is C36H61N7O. The quantitative estimate of drug-likeness (QED) is 0.277. The molecule has 2 unspecified atom stereocenters. The lowest BCUT2D eigenvalue weighted by molar-refractivity contribution is 0.0901. The van der Waals surface area contributed by atoms with Crippen LogP contribution in [0.4, 0.5) is 5.82 Å². The number of piperidine rings is 1. The van der Waals surface area contributed by atoms with Crippen LogP contribution in [0.5, 0.6) is 0 Å². The van der Waals surface area contributed by atoms with Crippen LogP contribution in [-0.4, -0.2) is 82.3 Å². The Labute approximate surface area is 267 Å². The first-order chi connectivity index (χ1) is 21.3. The largest absolute Gasteiger partial charge is 0.376 e. The second-order valence-corrected chi connectivity index (χ2v) is 13.8. The number of carbonyl (C=O) groups is 1. The summed E-state index contributed by atoms with van der Waals surface area (Å²) in [7, 11) is 1.89. The second kappa shape index (κ2) is 17.2. The number of hydrogen-bond acceptors (Lipinski definition) is 6. The lowest BCUT2D eigenvalue weighted by Crippen LogP contribution is -2.45. The zero-order valence-electron chi connectivity index (χ0n) is 28.6. The fourth-order valence-corrected chi connectivity index (χ4v) is 7.31. The van der Waals surface area contributed by atoms with Crippen LogP contribution in [0.1, 0.15) is 115 Å². The molecule has 3 fully saturated rings. The van der Waals surface area contributed by atoms with E-state index in [4.69, 9.17) is 4.98 Å². The van der Waals surface area contributed by atoms with Gasteiger partial charge < -0.3 is 20.0 Å². The number of nitrogens with one attached hydrogen (secondary N) is 1. The van der Waals surface area contributed by atoms with Crippen molar-refractivity contribution in [1.82, 2.24) is 29.9 Å². The van der Waals surface area contributed by atoms with Crippen LogP contribution in [0, 0.1) is 11.8 Å². The number of fused-ring (bicyclic) bond motifs is 1. The molecule has 1 N–H and O–H groups in total. The van der Waals surface area contributed by atoms with Crippen molar-refractivity contribution in [3.63, 3.8) is 0 Å². The van der Waals surface area contributed by atoms with Crippen molar-refractivity contribution in [3.05, 3.63) is 30.1 Å². The number of pyridine rings is 1. The van der Waals surface area contributed by atoms with E-state index in [0.717, 1.165) is 74.3 Å². The van der Waals surface area contributed by atoms with E-state index < -0.39 is 0 Å². The summed E-state index contributed by atoms with van der Waals surface area (Å²) in [5.74, 6) is 2.71. The van der Waals surface area contributed by atoms with Crippen molar-refractivity contribution < 1.29 is 4.79 Å². The molecule has 246 valence electrons. The van der Waals surface area contributed by atoms with Gasteiger partial charge in [0.05, 0.1) is 5.39 Å². The third-order valence-electron chi connectivity index (χ3n) is 10.0. The van der Waals surface area contributed by atoms with Gasteiger partial charge in [0.15, 0.2) is 11.3 Å². The molecule has 2 aromatic rings. The van der Waals surface area contributed by atoms with Gasteiger partial charge in [-0.15, -0.1) is 0 Å². The molecule has 0 aromatic carbocycles. The normalized spacial score (nSPS) is 21.5. The van der Waals surface area contributed by atoms with Crippen molar-refractivity contribution >= 4 is 22.8 Å². The molecule has 8 nitrogen and oxygen atoms in total. The predicted octanol–water partition coefficient (Wildman–Crippen LogP) is 7.01. The maximum absolute atomic E-state index is 13.1. The smallest absolute Gasteiger partial charge is 0.272 e. The van der Waals surface area contributed by atoms with Gasteiger partial charge in [-0.25, -0.2) is 9.67 Å². The summed E-state index contributed by atoms with van der Waals surface area (Å²) in [6, 6.07) is 4.34. The molecule has 4 heterocycles. The number of aromatic nitrogens is 3. The van der Waals surface area contributed by atoms with Crippen molar-refractivity contribution in [1.29, 1.82) is 0 Å². The highest BCUT2D eigenvalue weighted by Crippen LogP contribution is 2.31. The summed E-state index contributed by atoms with van der Waals surface area (Å²) in [5, 5.41) is 8.68. The molecule has 0 spiro atoms. The monoisotopic (exact) mass is 607 g/mol. The Bertz CT molecular complexity index is 1180. The molecule has 1 saturated carbocycles. The Morgan fingerprint density at radius 2 is 1.75 bits per heavy atom. The Hall–Kier alpha value is -2.61. The van der Waals surface area contributed by atoms with Gasteiger partial charge in [-0.2, -0.15) is 5.10 Å². The van der Waals surface area contributed by atoms with Gasteiger partial charge in [0, 0.05) is 64.6 Å². The lowest BCUT2D eigenvalue weighted by Gasteiger charge is -2.33. The van der Waals surface area contributed by atoms with Gasteiger partial charge >= 0.3 is 0 Å². The number of nitrogens with zero attached hydrogens (tertiary/aromatic N) is 6. The highest BCUT2D eigenvalue weighted by molar-refractivity contribution is 6.04. The van der Waals surface area contributed by atoms with Crippen LogP contribution >= 0.6 is 0 Å². The standard InChI is InChI=1S/C26H40N6O.C10H21N/c1-19-7-8-20(17-19)18-31-15-11-21(12-16-31)27-26(33)24-22-9-10-23(28-25(22)30(2)29-24)32-13-5-3-4-6-14-32;1-5-7-8-9-11(6-2)10(3)4/h9-10,19-21H,3-8,11-18H2,1-2H3,(H,27,33);3,5-9H2,1-2,4H3. The zero-order chi connectivity index (χ0) is 31.5. The number of likely N-dealkylation sites (tertiary alicyclic amines) is 1. The van der Waals surface area contributed by atoms with Gasteiger partial charge in [-0.05, 0) is 82.8 Å². The molecule has 44 heavy (non-hydrogen) atoms. The third kappa shape index (κ3) is 9.69. The first kappa shape index (κ1) is 34.3. The maximum atomic E-state index is 13.1. The van der Waals surface area contributed by atoms with E-state index in [1.165, 1.54) is 83.0 Å². The number of unbranched alkanes of at least 4 members (excludes halogenated alkanes) is 2. The minimum atomic E-state index is -0.0620. The van der Waals surface area contributed by atoms with Gasteiger partial charge in [-0.1, -0.05) is 52.5 Å². The molecule has 2 aliphatic heterocycles. The molecule has 2 atom stereocenters. The Kier molecular flexibility index (Phi) is 13.4. The summed E-state index contributed by atoms with van der Waals surface area (Å²) < 4.78 is 1.76. The van der Waals surface area contributed by atoms with Crippen LogP contribution in [0.15, 0.2) is 24.4 Å². The molecule has 1 amide bonds. The number of hydrogen-bond donors (Lipinski definition) is 1. The minimum Gasteiger partial charge on any atom is -0.376 e. The van der Waals surface area contributed by atoms with Crippen LogP contribution in [0.3, 0.4) is 0 Å². The number of amides is 1. The van der Waals surface area contributed by atoms with Gasteiger partial charge in [0.2, 0.25) is 0 Å². The number of rotatable bonds is 11. The molecule has 2 aromatic heterocycles. The minimum absolute atomic E-state index is 0.0620. The summed E-state index contributed by atoms with van der Waals surface area (Å²) in [4.78, 5) is 25.3. The first-order valence-corrected chi connectivity index (χ1v) is 17.8. The molecule has 0 radical (unpaired) electrons. The van der Waals surface area contributed by atoms with E-state index in [1.807, 2.05) is 13.1 Å². The molecule has 5 rings (SSSR count). The van der Waals surface area contributed by atoms with E-state index in [2.05, 4.69) is 65.5 Å². The average Bonchev–Trinajstić information content (AvgIpc) is 3.45. The topological polar surface area (TPSA) is 69.5 Å². The molecule has 8 heteroatoms. The summed E-state index contributed by atoms with van der Waals surface area (Å²) in [6.07, 6.45) is 15.2. The first-order valence-electron chi connectivity index (χ1n) is 17.8. The van der Waals surface area contributed by atoms with Crippen molar-refractivity contribution in [3.8, 4) is 0 Å². The Morgan fingerprint density at radius 1 is 1.02 bits per heavy atom. The number of anilines is 1.